The van der Waals surface area contributed by atoms with Gasteiger partial charge in [0.05, 0.1) is 0 Å². The Kier molecular flexibility index (Phi) is 5.44. The van der Waals surface area contributed by atoms with E-state index in [-0.39, 0.29) is 12.2 Å². The van der Waals surface area contributed by atoms with E-state index in [1.807, 2.05) is 12.1 Å². The molecular weight excluding hydrogens is 391 g/mol. The molecule has 0 spiro atoms. The Hall–Kier alpha value is -2.50. The van der Waals surface area contributed by atoms with Gasteiger partial charge in [-0.2, -0.15) is 0 Å². The van der Waals surface area contributed by atoms with Crippen LogP contribution in [0.5, 0.6) is 5.75 Å². The quantitative estimate of drug-likeness (QED) is 0.414. The molecule has 0 bridgehead atoms. The zero-order chi connectivity index (χ0) is 19.6. The first kappa shape index (κ1) is 19.3. The molecule has 0 aliphatic carbocycles. The van der Waals surface area contributed by atoms with Gasteiger partial charge in [0, 0.05) is 29.5 Å². The highest BCUT2D eigenvalue weighted by molar-refractivity contribution is 6.31. The Morgan fingerprint density at radius 1 is 0.963 bits per heavy atom. The predicted octanol–water partition coefficient (Wildman–Crippen LogP) is 4.79. The van der Waals surface area contributed by atoms with Crippen LogP contribution in [-0.2, 0) is 25.7 Å². The molecule has 27 heavy (non-hydrogen) atoms. The number of esters is 2. The molecule has 0 unspecified atom stereocenters. The minimum atomic E-state index is -1.30. The van der Waals surface area contributed by atoms with Gasteiger partial charge in [0.1, 0.15) is 17.9 Å². The molecular formula is C20H16Cl2O5. The van der Waals surface area contributed by atoms with Gasteiger partial charge < -0.3 is 14.2 Å². The molecule has 3 rings (SSSR count). The van der Waals surface area contributed by atoms with Crippen molar-refractivity contribution in [2.24, 2.45) is 0 Å². The predicted molar refractivity (Wildman–Crippen MR) is 101 cm³/mol. The van der Waals surface area contributed by atoms with Crippen molar-refractivity contribution in [2.45, 2.75) is 26.2 Å². The number of rotatable bonds is 4. The number of halogens is 2. The third-order valence-electron chi connectivity index (χ3n) is 3.70. The fraction of sp³-hybridized carbons (Fsp3) is 0.200. The van der Waals surface area contributed by atoms with Gasteiger partial charge in [0.2, 0.25) is 0 Å². The summed E-state index contributed by atoms with van der Waals surface area (Å²) >= 11 is 11.9. The first-order valence-electron chi connectivity index (χ1n) is 8.09. The Morgan fingerprint density at radius 3 is 2.19 bits per heavy atom. The molecule has 1 heterocycles. The van der Waals surface area contributed by atoms with Crippen molar-refractivity contribution in [2.75, 3.05) is 0 Å². The molecule has 1 fully saturated rings. The third kappa shape index (κ3) is 4.81. The van der Waals surface area contributed by atoms with E-state index in [0.717, 1.165) is 5.56 Å². The third-order valence-corrected chi connectivity index (χ3v) is 4.18. The number of ether oxygens (including phenoxy) is 3. The van der Waals surface area contributed by atoms with E-state index in [9.17, 15) is 9.59 Å². The van der Waals surface area contributed by atoms with Crippen LogP contribution >= 0.6 is 23.2 Å². The summed E-state index contributed by atoms with van der Waals surface area (Å²) in [5.74, 6) is -2.37. The minimum absolute atomic E-state index is 0.229. The van der Waals surface area contributed by atoms with E-state index in [1.54, 1.807) is 30.3 Å². The number of carbonyl (C=O) groups is 2. The van der Waals surface area contributed by atoms with Gasteiger partial charge in [-0.3, -0.25) is 0 Å². The Balaban J connectivity index is 1.87. The molecule has 0 radical (unpaired) electrons. The summed E-state index contributed by atoms with van der Waals surface area (Å²) < 4.78 is 16.0. The van der Waals surface area contributed by atoms with Crippen LogP contribution in [0.3, 0.4) is 0 Å². The topological polar surface area (TPSA) is 61.8 Å². The highest BCUT2D eigenvalue weighted by Gasteiger charge is 2.39. The van der Waals surface area contributed by atoms with Gasteiger partial charge in [-0.25, -0.2) is 9.59 Å². The number of carbonyl (C=O) groups excluding carboxylic acids is 2. The number of hydrogen-bond acceptors (Lipinski definition) is 5. The van der Waals surface area contributed by atoms with Crippen LogP contribution in [0.15, 0.2) is 48.0 Å². The fourth-order valence-electron chi connectivity index (χ4n) is 2.44. The number of hydrogen-bond donors (Lipinski definition) is 0. The molecule has 7 heteroatoms. The smallest absolute Gasteiger partial charge is 0.348 e. The average molecular weight is 407 g/mol. The van der Waals surface area contributed by atoms with Crippen molar-refractivity contribution in [1.82, 2.24) is 0 Å². The van der Waals surface area contributed by atoms with Gasteiger partial charge in [-0.15, -0.1) is 0 Å². The van der Waals surface area contributed by atoms with Crippen LogP contribution in [0, 0.1) is 0 Å². The molecule has 0 atom stereocenters. The molecule has 1 aliphatic heterocycles. The molecule has 2 aromatic rings. The highest BCUT2D eigenvalue weighted by atomic mass is 35.5. The van der Waals surface area contributed by atoms with Crippen LogP contribution in [0.4, 0.5) is 0 Å². The van der Waals surface area contributed by atoms with E-state index < -0.39 is 17.7 Å². The number of benzene rings is 2. The van der Waals surface area contributed by atoms with Crippen LogP contribution in [0.25, 0.3) is 6.08 Å². The van der Waals surface area contributed by atoms with E-state index in [4.69, 9.17) is 37.4 Å². The van der Waals surface area contributed by atoms with Gasteiger partial charge in [0.15, 0.2) is 0 Å². The second-order valence-electron chi connectivity index (χ2n) is 6.33. The lowest BCUT2D eigenvalue weighted by atomic mass is 10.1. The van der Waals surface area contributed by atoms with Crippen molar-refractivity contribution in [1.29, 1.82) is 0 Å². The van der Waals surface area contributed by atoms with E-state index in [2.05, 4.69) is 0 Å². The van der Waals surface area contributed by atoms with Crippen molar-refractivity contribution in [3.05, 3.63) is 69.2 Å². The van der Waals surface area contributed by atoms with Crippen LogP contribution < -0.4 is 4.74 Å². The lowest BCUT2D eigenvalue weighted by Gasteiger charge is -2.29. The summed E-state index contributed by atoms with van der Waals surface area (Å²) in [5.41, 5.74) is 1.14. The summed E-state index contributed by atoms with van der Waals surface area (Å²) in [7, 11) is 0. The second kappa shape index (κ2) is 7.62. The maximum absolute atomic E-state index is 12.2. The highest BCUT2D eigenvalue weighted by Crippen LogP contribution is 2.29. The first-order valence-corrected chi connectivity index (χ1v) is 8.84. The largest absolute Gasteiger partial charge is 0.488 e. The molecule has 1 saturated heterocycles. The monoisotopic (exact) mass is 406 g/mol. The fourth-order valence-corrected chi connectivity index (χ4v) is 2.75. The lowest BCUT2D eigenvalue weighted by molar-refractivity contribution is -0.222. The van der Waals surface area contributed by atoms with Gasteiger partial charge in [0.25, 0.3) is 5.79 Å². The zero-order valence-corrected chi connectivity index (χ0v) is 16.1. The molecule has 0 aromatic heterocycles. The summed E-state index contributed by atoms with van der Waals surface area (Å²) in [5, 5.41) is 1.06. The van der Waals surface area contributed by atoms with Crippen molar-refractivity contribution >= 4 is 41.2 Å². The second-order valence-corrected chi connectivity index (χ2v) is 7.21. The Bertz CT molecular complexity index is 894. The summed E-state index contributed by atoms with van der Waals surface area (Å²) in [6, 6.07) is 12.1. The van der Waals surface area contributed by atoms with Crippen LogP contribution in [-0.4, -0.2) is 17.7 Å². The maximum Gasteiger partial charge on any atom is 0.348 e. The minimum Gasteiger partial charge on any atom is -0.488 e. The van der Waals surface area contributed by atoms with Crippen molar-refractivity contribution in [3.63, 3.8) is 0 Å². The molecule has 0 saturated carbocycles. The summed E-state index contributed by atoms with van der Waals surface area (Å²) in [6.07, 6.45) is 1.35. The molecule has 5 nitrogen and oxygen atoms in total. The molecule has 1 aliphatic rings. The molecule has 140 valence electrons. The molecule has 0 N–H and O–H groups in total. The SMILES string of the molecule is CC1(C)OC(=O)C(=Cc2cc(Cl)ccc2OCc2ccc(Cl)cc2)C(=O)O1. The zero-order valence-electron chi connectivity index (χ0n) is 14.6. The number of cyclic esters (lactones) is 2. The molecule has 0 amide bonds. The van der Waals surface area contributed by atoms with Gasteiger partial charge in [-0.05, 0) is 42.0 Å². The van der Waals surface area contributed by atoms with E-state index >= 15 is 0 Å². The van der Waals surface area contributed by atoms with Crippen molar-refractivity contribution < 1.29 is 23.8 Å². The van der Waals surface area contributed by atoms with E-state index in [1.165, 1.54) is 19.9 Å². The lowest BCUT2D eigenvalue weighted by Crippen LogP contribution is -2.41. The Labute approximate surface area is 166 Å². The average Bonchev–Trinajstić information content (AvgIpc) is 2.58. The van der Waals surface area contributed by atoms with E-state index in [0.29, 0.717) is 21.4 Å². The van der Waals surface area contributed by atoms with Gasteiger partial charge in [-0.1, -0.05) is 35.3 Å². The van der Waals surface area contributed by atoms with Gasteiger partial charge >= 0.3 is 11.9 Å². The first-order chi connectivity index (χ1) is 12.7. The normalized spacial score (nSPS) is 15.8. The van der Waals surface area contributed by atoms with Crippen molar-refractivity contribution in [3.8, 4) is 5.75 Å². The maximum atomic E-state index is 12.2. The summed E-state index contributed by atoms with van der Waals surface area (Å²) in [4.78, 5) is 24.3. The molecule has 2 aromatic carbocycles. The summed E-state index contributed by atoms with van der Waals surface area (Å²) in [6.45, 7) is 3.25. The van der Waals surface area contributed by atoms with Crippen LogP contribution in [0.2, 0.25) is 10.0 Å². The Morgan fingerprint density at radius 2 is 1.56 bits per heavy atom. The van der Waals surface area contributed by atoms with Crippen LogP contribution in [0.1, 0.15) is 25.0 Å². The standard InChI is InChI=1S/C20H16Cl2O5/c1-20(2)26-18(23)16(19(24)27-20)10-13-9-15(22)7-8-17(13)25-11-12-3-5-14(21)6-4-12/h3-10H,11H2,1-2H3.